The zero-order chi connectivity index (χ0) is 17.7. The van der Waals surface area contributed by atoms with Gasteiger partial charge in [-0.2, -0.15) is 13.9 Å². The Hall–Kier alpha value is -2.18. The normalized spacial score (nSPS) is 24.8. The van der Waals surface area contributed by atoms with E-state index in [0.717, 1.165) is 17.5 Å². The number of alkyl halides is 2. The lowest BCUT2D eigenvalue weighted by molar-refractivity contribution is -0.0494. The van der Waals surface area contributed by atoms with Crippen molar-refractivity contribution in [2.24, 2.45) is 11.8 Å². The minimum atomic E-state index is -2.94. The molecule has 2 aromatic heterocycles. The van der Waals surface area contributed by atoms with Crippen LogP contribution in [0.1, 0.15) is 50.8 Å². The van der Waals surface area contributed by atoms with Gasteiger partial charge in [-0.25, -0.2) is 4.98 Å². The first-order valence-corrected chi connectivity index (χ1v) is 8.74. The topological polar surface area (TPSA) is 66.0 Å². The van der Waals surface area contributed by atoms with Crippen molar-refractivity contribution in [3.8, 4) is 17.0 Å². The summed E-state index contributed by atoms with van der Waals surface area (Å²) in [4.78, 5) is 3.98. The Bertz CT molecular complexity index is 775. The highest BCUT2D eigenvalue weighted by Gasteiger charge is 2.48. The highest BCUT2D eigenvalue weighted by atomic mass is 19.3. The van der Waals surface area contributed by atoms with E-state index < -0.39 is 6.61 Å². The first-order chi connectivity index (χ1) is 11.9. The van der Waals surface area contributed by atoms with Gasteiger partial charge in [-0.3, -0.25) is 4.68 Å². The molecule has 3 fully saturated rings. The van der Waals surface area contributed by atoms with Crippen LogP contribution in [0.2, 0.25) is 0 Å². The van der Waals surface area contributed by atoms with E-state index >= 15 is 0 Å². The molecule has 0 amide bonds. The minimum absolute atomic E-state index is 0.0513. The summed E-state index contributed by atoms with van der Waals surface area (Å²) in [6, 6.07) is 3.80. The molecule has 0 radical (unpaired) electrons. The van der Waals surface area contributed by atoms with Crippen LogP contribution in [0.4, 0.5) is 14.6 Å². The van der Waals surface area contributed by atoms with Gasteiger partial charge >= 0.3 is 6.61 Å². The summed E-state index contributed by atoms with van der Waals surface area (Å²) in [7, 11) is 0. The van der Waals surface area contributed by atoms with Gasteiger partial charge in [-0.1, -0.05) is 0 Å². The lowest BCUT2D eigenvalue weighted by Gasteiger charge is -2.36. The Kier molecular flexibility index (Phi) is 3.89. The fourth-order valence-electron chi connectivity index (χ4n) is 4.38. The maximum Gasteiger partial charge on any atom is 0.387 e. The predicted octanol–water partition coefficient (Wildman–Crippen LogP) is 4.22. The van der Waals surface area contributed by atoms with E-state index in [1.807, 2.05) is 0 Å². The summed E-state index contributed by atoms with van der Waals surface area (Å²) >= 11 is 0. The fourth-order valence-corrected chi connectivity index (χ4v) is 4.38. The predicted molar refractivity (Wildman–Crippen MR) is 90.5 cm³/mol. The summed E-state index contributed by atoms with van der Waals surface area (Å²) in [5, 5.41) is 4.72. The van der Waals surface area contributed by atoms with Crippen LogP contribution >= 0.6 is 0 Å². The Morgan fingerprint density at radius 3 is 2.56 bits per heavy atom. The molecule has 0 aliphatic heterocycles. The van der Waals surface area contributed by atoms with Crippen molar-refractivity contribution < 1.29 is 13.5 Å². The largest absolute Gasteiger partial charge is 0.431 e. The van der Waals surface area contributed by atoms with E-state index in [2.05, 4.69) is 34.3 Å². The van der Waals surface area contributed by atoms with Crippen LogP contribution in [0.15, 0.2) is 18.3 Å². The van der Waals surface area contributed by atoms with Crippen molar-refractivity contribution in [3.05, 3.63) is 24.0 Å². The van der Waals surface area contributed by atoms with Crippen LogP contribution in [-0.2, 0) is 0 Å². The number of ether oxygens (including phenoxy) is 1. The molecule has 0 aromatic carbocycles. The standard InChI is InChI=1S/C18H22F2N4O/c1-9(2)24-14(16-10-3-4-11(16)5-10)7-13(23-24)12-6-15(25-18(19)20)17(21)22-8-12/h6-11,16,18H,3-5H2,1-2H3,(H2,21,22)/t10-,11?,16?/m1/s1. The molecule has 2 heterocycles. The third kappa shape index (κ3) is 2.75. The summed E-state index contributed by atoms with van der Waals surface area (Å²) in [6.07, 6.45) is 5.46. The number of nitrogens with zero attached hydrogens (tertiary/aromatic N) is 3. The molecule has 3 aliphatic rings. The maximum atomic E-state index is 12.5. The lowest BCUT2D eigenvalue weighted by Crippen LogP contribution is -2.28. The molecule has 3 saturated carbocycles. The second kappa shape index (κ2) is 5.97. The number of anilines is 1. The van der Waals surface area contributed by atoms with Crippen molar-refractivity contribution in [1.82, 2.24) is 14.8 Å². The number of hydrogen-bond donors (Lipinski definition) is 1. The second-order valence-corrected chi connectivity index (χ2v) is 7.34. The molecule has 2 aromatic rings. The molecule has 5 rings (SSSR count). The number of nitrogens with two attached hydrogens (primary N) is 1. The Labute approximate surface area is 145 Å². The average Bonchev–Trinajstić information content (AvgIpc) is 3.23. The molecular formula is C18H22F2N4O. The van der Waals surface area contributed by atoms with Crippen molar-refractivity contribution in [2.45, 2.75) is 51.7 Å². The van der Waals surface area contributed by atoms with Crippen molar-refractivity contribution in [2.75, 3.05) is 5.73 Å². The number of nitrogen functional groups attached to an aromatic ring is 1. The van der Waals surface area contributed by atoms with Crippen LogP contribution in [0.3, 0.4) is 0 Å². The molecule has 25 heavy (non-hydrogen) atoms. The number of fused-ring (bicyclic) bond motifs is 1. The van der Waals surface area contributed by atoms with E-state index in [-0.39, 0.29) is 17.6 Å². The lowest BCUT2D eigenvalue weighted by atomic mass is 9.70. The number of pyridine rings is 1. The van der Waals surface area contributed by atoms with E-state index in [1.54, 1.807) is 6.20 Å². The molecule has 2 unspecified atom stereocenters. The van der Waals surface area contributed by atoms with E-state index in [4.69, 9.17) is 10.8 Å². The molecule has 3 atom stereocenters. The van der Waals surface area contributed by atoms with Gasteiger partial charge in [0.05, 0.1) is 5.69 Å². The first-order valence-electron chi connectivity index (χ1n) is 8.74. The number of aromatic nitrogens is 3. The van der Waals surface area contributed by atoms with Crippen molar-refractivity contribution >= 4 is 5.82 Å². The van der Waals surface area contributed by atoms with Crippen LogP contribution in [0.5, 0.6) is 5.75 Å². The highest BCUT2D eigenvalue weighted by molar-refractivity contribution is 5.64. The minimum Gasteiger partial charge on any atom is -0.431 e. The Balaban J connectivity index is 1.71. The first kappa shape index (κ1) is 16.3. The zero-order valence-corrected chi connectivity index (χ0v) is 14.3. The van der Waals surface area contributed by atoms with Gasteiger partial charge in [0.1, 0.15) is 0 Å². The van der Waals surface area contributed by atoms with Gasteiger partial charge < -0.3 is 10.5 Å². The second-order valence-electron chi connectivity index (χ2n) is 7.34. The van der Waals surface area contributed by atoms with Gasteiger partial charge in [-0.15, -0.1) is 0 Å². The molecule has 7 heteroatoms. The Morgan fingerprint density at radius 2 is 1.96 bits per heavy atom. The molecular weight excluding hydrogens is 326 g/mol. The summed E-state index contributed by atoms with van der Waals surface area (Å²) in [6.45, 7) is 1.27. The molecule has 0 saturated heterocycles. The highest BCUT2D eigenvalue weighted by Crippen LogP contribution is 2.59. The molecule has 5 nitrogen and oxygen atoms in total. The molecule has 3 aliphatic carbocycles. The average molecular weight is 348 g/mol. The van der Waals surface area contributed by atoms with Crippen LogP contribution in [-0.4, -0.2) is 21.4 Å². The van der Waals surface area contributed by atoms with Crippen molar-refractivity contribution in [3.63, 3.8) is 0 Å². The third-order valence-electron chi connectivity index (χ3n) is 5.52. The van der Waals surface area contributed by atoms with E-state index in [0.29, 0.717) is 11.5 Å². The van der Waals surface area contributed by atoms with Crippen LogP contribution < -0.4 is 10.5 Å². The van der Waals surface area contributed by atoms with Gasteiger partial charge in [0.25, 0.3) is 0 Å². The Morgan fingerprint density at radius 1 is 1.24 bits per heavy atom. The van der Waals surface area contributed by atoms with Crippen LogP contribution in [0.25, 0.3) is 11.3 Å². The fraction of sp³-hybridized carbons (Fsp3) is 0.556. The smallest absolute Gasteiger partial charge is 0.387 e. The molecule has 2 N–H and O–H groups in total. The van der Waals surface area contributed by atoms with Gasteiger partial charge in [0, 0.05) is 29.4 Å². The summed E-state index contributed by atoms with van der Waals surface area (Å²) < 4.78 is 31.6. The quantitative estimate of drug-likeness (QED) is 0.878. The van der Waals surface area contributed by atoms with E-state index in [9.17, 15) is 8.78 Å². The number of hydrogen-bond acceptors (Lipinski definition) is 4. The number of rotatable bonds is 5. The number of halogens is 2. The molecule has 134 valence electrons. The molecule has 2 bridgehead atoms. The van der Waals surface area contributed by atoms with Crippen LogP contribution in [0, 0.1) is 11.8 Å². The third-order valence-corrected chi connectivity index (χ3v) is 5.52. The SMILES string of the molecule is CC(C)n1nc(-c2cnc(N)c(OC(F)F)c2)cc1C1C2CC[C@@H]1C2. The zero-order valence-electron chi connectivity index (χ0n) is 14.3. The summed E-state index contributed by atoms with van der Waals surface area (Å²) in [5.74, 6) is 1.92. The maximum absolute atomic E-state index is 12.5. The van der Waals surface area contributed by atoms with Gasteiger partial charge in [0.2, 0.25) is 0 Å². The molecule has 0 spiro atoms. The van der Waals surface area contributed by atoms with Crippen molar-refractivity contribution in [1.29, 1.82) is 0 Å². The van der Waals surface area contributed by atoms with Gasteiger partial charge in [0.15, 0.2) is 11.6 Å². The summed E-state index contributed by atoms with van der Waals surface area (Å²) in [5.41, 5.74) is 8.23. The van der Waals surface area contributed by atoms with Gasteiger partial charge in [-0.05, 0) is 57.1 Å². The van der Waals surface area contributed by atoms with E-state index in [1.165, 1.54) is 31.0 Å². The monoisotopic (exact) mass is 348 g/mol.